The highest BCUT2D eigenvalue weighted by atomic mass is 32.1. The molecule has 0 atom stereocenters. The monoisotopic (exact) mass is 366 g/mol. The lowest BCUT2D eigenvalue weighted by molar-refractivity contribution is -0.137. The van der Waals surface area contributed by atoms with E-state index in [1.165, 1.54) is 11.3 Å². The van der Waals surface area contributed by atoms with E-state index in [4.69, 9.17) is 9.47 Å². The van der Waals surface area contributed by atoms with E-state index in [0.29, 0.717) is 22.1 Å². The molecule has 128 valence electrons. The number of nitrogens with one attached hydrogen (secondary N) is 1. The van der Waals surface area contributed by atoms with Crippen molar-refractivity contribution in [1.29, 1.82) is 0 Å². The largest absolute Gasteiger partial charge is 0.454 e. The number of alkyl halides is 3. The first-order valence-electron chi connectivity index (χ1n) is 7.09. The third-order valence-electron chi connectivity index (χ3n) is 3.58. The highest BCUT2D eigenvalue weighted by Gasteiger charge is 2.30. The summed E-state index contributed by atoms with van der Waals surface area (Å²) in [6.07, 6.45) is -4.44. The molecule has 9 heteroatoms. The van der Waals surface area contributed by atoms with Crippen molar-refractivity contribution in [3.05, 3.63) is 47.5 Å². The third kappa shape index (κ3) is 2.98. The third-order valence-corrected chi connectivity index (χ3v) is 4.51. The summed E-state index contributed by atoms with van der Waals surface area (Å²) in [4.78, 5) is 16.5. The van der Waals surface area contributed by atoms with Crippen LogP contribution >= 0.6 is 11.3 Å². The highest BCUT2D eigenvalue weighted by Crippen LogP contribution is 2.39. The summed E-state index contributed by atoms with van der Waals surface area (Å²) in [5.41, 5.74) is -0.0584. The zero-order valence-electron chi connectivity index (χ0n) is 12.4. The van der Waals surface area contributed by atoms with Crippen molar-refractivity contribution in [3.8, 4) is 11.5 Å². The first-order chi connectivity index (χ1) is 11.9. The van der Waals surface area contributed by atoms with Gasteiger partial charge in [0.1, 0.15) is 0 Å². The smallest absolute Gasteiger partial charge is 0.416 e. The molecule has 4 rings (SSSR count). The molecule has 1 N–H and O–H groups in total. The van der Waals surface area contributed by atoms with Crippen LogP contribution in [-0.2, 0) is 6.18 Å². The van der Waals surface area contributed by atoms with Crippen molar-refractivity contribution in [1.82, 2.24) is 4.98 Å². The zero-order chi connectivity index (χ0) is 17.6. The van der Waals surface area contributed by atoms with Gasteiger partial charge in [-0.1, -0.05) is 11.3 Å². The number of anilines is 1. The van der Waals surface area contributed by atoms with Gasteiger partial charge in [0, 0.05) is 17.7 Å². The molecule has 0 saturated carbocycles. The molecule has 3 aromatic rings. The number of carbonyl (C=O) groups is 1. The van der Waals surface area contributed by atoms with Crippen LogP contribution in [0.5, 0.6) is 11.5 Å². The number of carbonyl (C=O) groups excluding carboxylic acids is 1. The van der Waals surface area contributed by atoms with Gasteiger partial charge < -0.3 is 9.47 Å². The molecule has 5 nitrogen and oxygen atoms in total. The molecule has 1 aliphatic rings. The second-order valence-corrected chi connectivity index (χ2v) is 6.25. The van der Waals surface area contributed by atoms with Gasteiger partial charge in [0.2, 0.25) is 6.79 Å². The Balaban J connectivity index is 1.55. The number of nitrogens with zero attached hydrogens (tertiary/aromatic N) is 1. The van der Waals surface area contributed by atoms with Crippen LogP contribution in [0.25, 0.3) is 10.2 Å². The van der Waals surface area contributed by atoms with Crippen LogP contribution in [0.4, 0.5) is 18.3 Å². The molecule has 0 aliphatic carbocycles. The number of hydrogen-bond donors (Lipinski definition) is 1. The van der Waals surface area contributed by atoms with Gasteiger partial charge in [0.15, 0.2) is 16.6 Å². The van der Waals surface area contributed by atoms with Crippen LogP contribution in [0.15, 0.2) is 36.4 Å². The summed E-state index contributed by atoms with van der Waals surface area (Å²) < 4.78 is 49.0. The summed E-state index contributed by atoms with van der Waals surface area (Å²) >= 11 is 1.24. The summed E-state index contributed by atoms with van der Waals surface area (Å²) in [5.74, 6) is 0.656. The minimum atomic E-state index is -4.44. The van der Waals surface area contributed by atoms with Gasteiger partial charge in [-0.15, -0.1) is 0 Å². The Morgan fingerprint density at radius 1 is 1.12 bits per heavy atom. The van der Waals surface area contributed by atoms with E-state index in [9.17, 15) is 18.0 Å². The lowest BCUT2D eigenvalue weighted by atomic mass is 10.1. The molecule has 2 heterocycles. The predicted octanol–water partition coefficient (Wildman–Crippen LogP) is 4.30. The fraction of sp³-hybridized carbons (Fsp3) is 0.125. The Kier molecular flexibility index (Phi) is 3.53. The Hall–Kier alpha value is -2.81. The van der Waals surface area contributed by atoms with Gasteiger partial charge in [0.25, 0.3) is 5.91 Å². The predicted molar refractivity (Wildman–Crippen MR) is 85.1 cm³/mol. The average molecular weight is 366 g/mol. The topological polar surface area (TPSA) is 60.5 Å². The maximum Gasteiger partial charge on any atom is 0.416 e. The number of rotatable bonds is 2. The van der Waals surface area contributed by atoms with Gasteiger partial charge >= 0.3 is 6.18 Å². The van der Waals surface area contributed by atoms with Gasteiger partial charge in [-0.25, -0.2) is 4.98 Å². The van der Waals surface area contributed by atoms with Crippen LogP contribution < -0.4 is 14.8 Å². The van der Waals surface area contributed by atoms with E-state index in [0.717, 1.165) is 29.0 Å². The molecule has 0 unspecified atom stereocenters. The molecule has 0 spiro atoms. The molecule has 1 aliphatic heterocycles. The van der Waals surface area contributed by atoms with E-state index in [1.54, 1.807) is 12.1 Å². The number of benzene rings is 2. The van der Waals surface area contributed by atoms with E-state index >= 15 is 0 Å². The molecule has 0 saturated heterocycles. The summed E-state index contributed by atoms with van der Waals surface area (Å²) in [6, 6.07) is 7.47. The van der Waals surface area contributed by atoms with Crippen molar-refractivity contribution in [2.45, 2.75) is 6.18 Å². The fourth-order valence-electron chi connectivity index (χ4n) is 2.35. The molecule has 25 heavy (non-hydrogen) atoms. The van der Waals surface area contributed by atoms with E-state index in [-0.39, 0.29) is 12.4 Å². The van der Waals surface area contributed by atoms with Crippen molar-refractivity contribution >= 4 is 32.6 Å². The maximum atomic E-state index is 12.6. The van der Waals surface area contributed by atoms with Gasteiger partial charge in [-0.3, -0.25) is 10.1 Å². The van der Waals surface area contributed by atoms with Crippen molar-refractivity contribution in [2.75, 3.05) is 12.1 Å². The van der Waals surface area contributed by atoms with Gasteiger partial charge in [-0.2, -0.15) is 13.2 Å². The Labute approximate surface area is 143 Å². The molecule has 1 amide bonds. The lowest BCUT2D eigenvalue weighted by Crippen LogP contribution is -2.12. The molecular formula is C16H9F3N2O3S. The summed E-state index contributed by atoms with van der Waals surface area (Å²) in [6.45, 7) is 0.157. The van der Waals surface area contributed by atoms with Crippen molar-refractivity contribution < 1.29 is 27.4 Å². The molecule has 0 bridgehead atoms. The van der Waals surface area contributed by atoms with Gasteiger partial charge in [0.05, 0.1) is 15.8 Å². The second kappa shape index (κ2) is 5.62. The van der Waals surface area contributed by atoms with Gasteiger partial charge in [-0.05, 0) is 24.3 Å². The van der Waals surface area contributed by atoms with E-state index in [1.807, 2.05) is 0 Å². The van der Waals surface area contributed by atoms with E-state index in [2.05, 4.69) is 10.3 Å². The normalized spacial score (nSPS) is 13.2. The van der Waals surface area contributed by atoms with Crippen molar-refractivity contribution in [2.24, 2.45) is 0 Å². The number of thiazole rings is 1. The second-order valence-electron chi connectivity index (χ2n) is 5.22. The Morgan fingerprint density at radius 3 is 2.48 bits per heavy atom. The standard InChI is InChI=1S/C16H9F3N2O3S/c17-16(18,19)9-3-1-8(2-4-9)14(22)21-15-20-10-5-11-12(24-7-23-11)6-13(10)25-15/h1-6H,7H2,(H,20,21,22). The minimum absolute atomic E-state index is 0.112. The Bertz CT molecular complexity index is 926. The fourth-order valence-corrected chi connectivity index (χ4v) is 3.22. The number of fused-ring (bicyclic) bond motifs is 2. The number of amides is 1. The number of halogens is 3. The number of ether oxygens (including phenoxy) is 2. The first-order valence-corrected chi connectivity index (χ1v) is 7.90. The van der Waals surface area contributed by atoms with Crippen LogP contribution in [-0.4, -0.2) is 17.7 Å². The zero-order valence-corrected chi connectivity index (χ0v) is 13.2. The molecule has 0 radical (unpaired) electrons. The SMILES string of the molecule is O=C(Nc1nc2cc3c(cc2s1)OCO3)c1ccc(C(F)(F)F)cc1. The highest BCUT2D eigenvalue weighted by molar-refractivity contribution is 7.22. The minimum Gasteiger partial charge on any atom is -0.454 e. The number of hydrogen-bond acceptors (Lipinski definition) is 5. The van der Waals surface area contributed by atoms with Crippen LogP contribution in [0.1, 0.15) is 15.9 Å². The number of aromatic nitrogens is 1. The Morgan fingerprint density at radius 2 is 1.80 bits per heavy atom. The maximum absolute atomic E-state index is 12.6. The average Bonchev–Trinajstić information content (AvgIpc) is 3.16. The van der Waals surface area contributed by atoms with Crippen molar-refractivity contribution in [3.63, 3.8) is 0 Å². The summed E-state index contributed by atoms with van der Waals surface area (Å²) in [5, 5.41) is 2.92. The lowest BCUT2D eigenvalue weighted by Gasteiger charge is -2.07. The molecule has 0 fully saturated rings. The van der Waals surface area contributed by atoms with Crippen LogP contribution in [0.2, 0.25) is 0 Å². The van der Waals surface area contributed by atoms with Crippen LogP contribution in [0, 0.1) is 0 Å². The molecular weight excluding hydrogens is 357 g/mol. The molecule has 1 aromatic heterocycles. The molecule has 2 aromatic carbocycles. The van der Waals surface area contributed by atoms with Crippen LogP contribution in [0.3, 0.4) is 0 Å². The van der Waals surface area contributed by atoms with E-state index < -0.39 is 17.6 Å². The quantitative estimate of drug-likeness (QED) is 0.735. The summed E-state index contributed by atoms with van der Waals surface area (Å²) in [7, 11) is 0. The first kappa shape index (κ1) is 15.7.